The van der Waals surface area contributed by atoms with E-state index in [0.717, 1.165) is 18.9 Å². The number of urea groups is 1. The van der Waals surface area contributed by atoms with Crippen LogP contribution in [0.1, 0.15) is 18.4 Å². The zero-order valence-electron chi connectivity index (χ0n) is 12.5. The van der Waals surface area contributed by atoms with Gasteiger partial charge in [0.05, 0.1) is 11.5 Å². The predicted octanol–water partition coefficient (Wildman–Crippen LogP) is 1.44. The largest absolute Gasteiger partial charge is 0.337 e. The van der Waals surface area contributed by atoms with Crippen LogP contribution in [0.5, 0.6) is 0 Å². The van der Waals surface area contributed by atoms with E-state index in [2.05, 4.69) is 5.32 Å². The number of amides is 2. The van der Waals surface area contributed by atoms with Crippen LogP contribution in [0.4, 0.5) is 13.6 Å². The van der Waals surface area contributed by atoms with Crippen molar-refractivity contribution in [3.63, 3.8) is 0 Å². The van der Waals surface area contributed by atoms with Gasteiger partial charge in [0.2, 0.25) is 0 Å². The van der Waals surface area contributed by atoms with Crippen molar-refractivity contribution in [3.8, 4) is 0 Å². The first-order valence-electron chi connectivity index (χ1n) is 7.50. The molecule has 0 aromatic heterocycles. The molecule has 2 amide bonds. The van der Waals surface area contributed by atoms with Gasteiger partial charge < -0.3 is 10.2 Å². The summed E-state index contributed by atoms with van der Waals surface area (Å²) in [5, 5.41) is 2.75. The van der Waals surface area contributed by atoms with E-state index in [1.165, 1.54) is 17.0 Å². The Morgan fingerprint density at radius 3 is 2.43 bits per heavy atom. The van der Waals surface area contributed by atoms with Crippen LogP contribution in [-0.4, -0.2) is 50.5 Å². The summed E-state index contributed by atoms with van der Waals surface area (Å²) < 4.78 is 49.7. The Labute approximate surface area is 133 Å². The number of halogens is 2. The standard InChI is InChI=1S/C15H18F2N2O3S/c16-11-1-2-12(13(17)9-11)15(3-4-15)10-18-14(20)19-5-7-23(21,22)8-6-19/h1-2,9H,3-8,10H2,(H,18,20). The first kappa shape index (κ1) is 16.2. The summed E-state index contributed by atoms with van der Waals surface area (Å²) in [7, 11) is -3.04. The molecule has 1 aliphatic carbocycles. The van der Waals surface area contributed by atoms with Crippen molar-refractivity contribution in [3.05, 3.63) is 35.4 Å². The summed E-state index contributed by atoms with van der Waals surface area (Å²) in [6.45, 7) is 0.607. The highest BCUT2D eigenvalue weighted by Gasteiger charge is 2.46. The average molecular weight is 344 g/mol. The minimum atomic E-state index is -3.04. The molecule has 0 bridgehead atoms. The molecule has 0 unspecified atom stereocenters. The molecule has 0 radical (unpaired) electrons. The van der Waals surface area contributed by atoms with E-state index < -0.39 is 26.9 Å². The molecule has 1 aromatic carbocycles. The minimum absolute atomic E-state index is 0.0296. The van der Waals surface area contributed by atoms with Crippen LogP contribution in [0.15, 0.2) is 18.2 Å². The molecule has 1 aromatic rings. The van der Waals surface area contributed by atoms with Crippen LogP contribution in [0, 0.1) is 11.6 Å². The Bertz CT molecular complexity index is 718. The number of nitrogens with zero attached hydrogens (tertiary/aromatic N) is 1. The SMILES string of the molecule is O=C(NCC1(c2ccc(F)cc2F)CC1)N1CCS(=O)(=O)CC1. The van der Waals surface area contributed by atoms with Crippen LogP contribution >= 0.6 is 0 Å². The van der Waals surface area contributed by atoms with Gasteiger partial charge in [0.25, 0.3) is 0 Å². The second-order valence-corrected chi connectivity index (χ2v) is 8.51. The Balaban J connectivity index is 1.61. The van der Waals surface area contributed by atoms with E-state index in [4.69, 9.17) is 0 Å². The van der Waals surface area contributed by atoms with Gasteiger partial charge in [-0.05, 0) is 24.5 Å². The second kappa shape index (κ2) is 5.74. The molecule has 2 fully saturated rings. The molecular weight excluding hydrogens is 326 g/mol. The number of rotatable bonds is 3. The van der Waals surface area contributed by atoms with Gasteiger partial charge in [0.1, 0.15) is 11.6 Å². The Morgan fingerprint density at radius 1 is 1.22 bits per heavy atom. The van der Waals surface area contributed by atoms with E-state index in [1.54, 1.807) is 0 Å². The summed E-state index contributed by atoms with van der Waals surface area (Å²) in [6.07, 6.45) is 1.45. The second-order valence-electron chi connectivity index (χ2n) is 6.20. The van der Waals surface area contributed by atoms with Crippen LogP contribution in [0.25, 0.3) is 0 Å². The molecule has 126 valence electrons. The summed E-state index contributed by atoms with van der Waals surface area (Å²) in [6, 6.07) is 3.16. The number of sulfone groups is 1. The Morgan fingerprint density at radius 2 is 1.87 bits per heavy atom. The van der Waals surface area contributed by atoms with Crippen LogP contribution < -0.4 is 5.32 Å². The van der Waals surface area contributed by atoms with E-state index in [-0.39, 0.29) is 37.2 Å². The lowest BCUT2D eigenvalue weighted by Gasteiger charge is -2.28. The molecule has 5 nitrogen and oxygen atoms in total. The van der Waals surface area contributed by atoms with Crippen molar-refractivity contribution in [2.24, 2.45) is 0 Å². The van der Waals surface area contributed by atoms with E-state index >= 15 is 0 Å². The number of nitrogens with one attached hydrogen (secondary N) is 1. The summed E-state index contributed by atoms with van der Waals surface area (Å²) >= 11 is 0. The zero-order valence-corrected chi connectivity index (χ0v) is 13.3. The lowest BCUT2D eigenvalue weighted by Crippen LogP contribution is -2.49. The summed E-state index contributed by atoms with van der Waals surface area (Å²) in [4.78, 5) is 13.6. The van der Waals surface area contributed by atoms with Gasteiger partial charge in [-0.2, -0.15) is 0 Å². The number of benzene rings is 1. The number of hydrogen-bond donors (Lipinski definition) is 1. The van der Waals surface area contributed by atoms with Crippen LogP contribution in [0.3, 0.4) is 0 Å². The van der Waals surface area contributed by atoms with Crippen molar-refractivity contribution in [2.75, 3.05) is 31.1 Å². The maximum atomic E-state index is 13.9. The third-order valence-corrected chi connectivity index (χ3v) is 6.17. The van der Waals surface area contributed by atoms with E-state index in [0.29, 0.717) is 5.56 Å². The molecule has 1 aliphatic heterocycles. The molecule has 23 heavy (non-hydrogen) atoms. The molecule has 1 saturated carbocycles. The molecule has 1 saturated heterocycles. The smallest absolute Gasteiger partial charge is 0.317 e. The fraction of sp³-hybridized carbons (Fsp3) is 0.533. The summed E-state index contributed by atoms with van der Waals surface area (Å²) in [5.74, 6) is -1.28. The quantitative estimate of drug-likeness (QED) is 0.902. The lowest BCUT2D eigenvalue weighted by atomic mass is 9.95. The predicted molar refractivity (Wildman–Crippen MR) is 80.9 cm³/mol. The van der Waals surface area contributed by atoms with Crippen molar-refractivity contribution in [1.29, 1.82) is 0 Å². The topological polar surface area (TPSA) is 66.5 Å². The first-order chi connectivity index (χ1) is 10.8. The van der Waals surface area contributed by atoms with E-state index in [9.17, 15) is 22.0 Å². The molecule has 3 rings (SSSR count). The molecule has 1 N–H and O–H groups in total. The maximum absolute atomic E-state index is 13.9. The molecule has 2 aliphatic rings. The third-order valence-electron chi connectivity index (χ3n) is 4.57. The van der Waals surface area contributed by atoms with E-state index in [1.807, 2.05) is 0 Å². The molecular formula is C15H18F2N2O3S. The lowest BCUT2D eigenvalue weighted by molar-refractivity contribution is 0.201. The van der Waals surface area contributed by atoms with Crippen LogP contribution in [-0.2, 0) is 15.3 Å². The Kier molecular flexibility index (Phi) is 4.03. The van der Waals surface area contributed by atoms with Gasteiger partial charge in [0.15, 0.2) is 9.84 Å². The van der Waals surface area contributed by atoms with Crippen LogP contribution in [0.2, 0.25) is 0 Å². The third kappa shape index (κ3) is 3.46. The highest BCUT2D eigenvalue weighted by Crippen LogP contribution is 2.48. The van der Waals surface area contributed by atoms with Gasteiger partial charge in [0, 0.05) is 31.1 Å². The normalized spacial score (nSPS) is 21.7. The fourth-order valence-corrected chi connectivity index (χ4v) is 4.09. The first-order valence-corrected chi connectivity index (χ1v) is 9.32. The van der Waals surface area contributed by atoms with Crippen molar-refractivity contribution in [1.82, 2.24) is 10.2 Å². The zero-order chi connectivity index (χ0) is 16.7. The molecule has 8 heteroatoms. The highest BCUT2D eigenvalue weighted by molar-refractivity contribution is 7.91. The van der Waals surface area contributed by atoms with Gasteiger partial charge in [-0.15, -0.1) is 0 Å². The molecule has 0 spiro atoms. The monoisotopic (exact) mass is 344 g/mol. The van der Waals surface area contributed by atoms with Crippen molar-refractivity contribution in [2.45, 2.75) is 18.3 Å². The number of hydrogen-bond acceptors (Lipinski definition) is 3. The number of carbonyl (C=O) groups is 1. The van der Waals surface area contributed by atoms with Crippen molar-refractivity contribution < 1.29 is 22.0 Å². The van der Waals surface area contributed by atoms with Gasteiger partial charge in [-0.25, -0.2) is 22.0 Å². The van der Waals surface area contributed by atoms with Gasteiger partial charge >= 0.3 is 6.03 Å². The number of carbonyl (C=O) groups excluding carboxylic acids is 1. The average Bonchev–Trinajstić information content (AvgIpc) is 3.25. The minimum Gasteiger partial charge on any atom is -0.337 e. The highest BCUT2D eigenvalue weighted by atomic mass is 32.2. The van der Waals surface area contributed by atoms with Gasteiger partial charge in [-0.1, -0.05) is 6.07 Å². The van der Waals surface area contributed by atoms with Gasteiger partial charge in [-0.3, -0.25) is 0 Å². The maximum Gasteiger partial charge on any atom is 0.317 e. The fourth-order valence-electron chi connectivity index (χ4n) is 2.88. The Hall–Kier alpha value is -1.70. The summed E-state index contributed by atoms with van der Waals surface area (Å²) in [5.41, 5.74) is -0.0598. The molecule has 1 heterocycles. The van der Waals surface area contributed by atoms with Crippen molar-refractivity contribution >= 4 is 15.9 Å². The molecule has 0 atom stereocenters.